The zero-order valence-corrected chi connectivity index (χ0v) is 10.5. The van der Waals surface area contributed by atoms with Crippen molar-refractivity contribution in [3.63, 3.8) is 0 Å². The highest BCUT2D eigenvalue weighted by Gasteiger charge is 2.14. The number of carboxylic acid groups (broad SMARTS) is 1. The summed E-state index contributed by atoms with van der Waals surface area (Å²) in [6.07, 6.45) is 1.89. The molecule has 2 aromatic rings. The number of ether oxygens (including phenoxy) is 1. The van der Waals surface area contributed by atoms with Crippen molar-refractivity contribution in [3.8, 4) is 5.75 Å². The van der Waals surface area contributed by atoms with Gasteiger partial charge in [0.1, 0.15) is 5.56 Å². The largest absolute Gasteiger partial charge is 0.490 e. The molecule has 0 aliphatic rings. The zero-order chi connectivity index (χ0) is 13.8. The van der Waals surface area contributed by atoms with Crippen molar-refractivity contribution in [1.29, 1.82) is 0 Å². The van der Waals surface area contributed by atoms with Crippen LogP contribution in [0.15, 0.2) is 33.5 Å². The minimum Gasteiger partial charge on any atom is -0.490 e. The van der Waals surface area contributed by atoms with Crippen molar-refractivity contribution < 1.29 is 19.1 Å². The van der Waals surface area contributed by atoms with Crippen LogP contribution in [0.3, 0.4) is 0 Å². The van der Waals surface area contributed by atoms with Crippen LogP contribution in [0.1, 0.15) is 30.1 Å². The number of para-hydroxylation sites is 1. The molecule has 5 nitrogen and oxygen atoms in total. The van der Waals surface area contributed by atoms with Crippen LogP contribution in [-0.2, 0) is 0 Å². The van der Waals surface area contributed by atoms with Gasteiger partial charge < -0.3 is 14.3 Å². The molecular formula is C14H14O5. The topological polar surface area (TPSA) is 76.7 Å². The van der Waals surface area contributed by atoms with E-state index in [1.165, 1.54) is 6.07 Å². The van der Waals surface area contributed by atoms with E-state index >= 15 is 0 Å². The van der Waals surface area contributed by atoms with E-state index in [9.17, 15) is 9.59 Å². The van der Waals surface area contributed by atoms with Crippen LogP contribution < -0.4 is 10.4 Å². The highest BCUT2D eigenvalue weighted by Crippen LogP contribution is 2.25. The summed E-state index contributed by atoms with van der Waals surface area (Å²) >= 11 is 0. The summed E-state index contributed by atoms with van der Waals surface area (Å²) in [4.78, 5) is 22.4. The van der Waals surface area contributed by atoms with Gasteiger partial charge in [0.2, 0.25) is 0 Å². The molecule has 0 saturated heterocycles. The van der Waals surface area contributed by atoms with E-state index in [4.69, 9.17) is 14.3 Å². The Bertz CT molecular complexity index is 656. The van der Waals surface area contributed by atoms with Crippen LogP contribution in [0.2, 0.25) is 0 Å². The van der Waals surface area contributed by atoms with Crippen molar-refractivity contribution >= 4 is 16.9 Å². The summed E-state index contributed by atoms with van der Waals surface area (Å²) in [7, 11) is 0. The van der Waals surface area contributed by atoms with Gasteiger partial charge in [0.05, 0.1) is 6.61 Å². The molecule has 5 heteroatoms. The third-order valence-corrected chi connectivity index (χ3v) is 2.71. The second-order valence-electron chi connectivity index (χ2n) is 4.13. The Morgan fingerprint density at radius 2 is 2.21 bits per heavy atom. The molecule has 1 aromatic carbocycles. The van der Waals surface area contributed by atoms with Gasteiger partial charge in [0.25, 0.3) is 0 Å². The van der Waals surface area contributed by atoms with E-state index in [0.717, 1.165) is 12.8 Å². The maximum absolute atomic E-state index is 11.6. The van der Waals surface area contributed by atoms with Crippen molar-refractivity contribution in [2.24, 2.45) is 0 Å². The second kappa shape index (κ2) is 5.56. The first-order chi connectivity index (χ1) is 9.13. The lowest BCUT2D eigenvalue weighted by atomic mass is 10.2. The fourth-order valence-corrected chi connectivity index (χ4v) is 1.71. The fraction of sp³-hybridized carbons (Fsp3) is 0.286. The van der Waals surface area contributed by atoms with Crippen LogP contribution in [-0.4, -0.2) is 17.7 Å². The van der Waals surface area contributed by atoms with Gasteiger partial charge in [-0.05, 0) is 18.6 Å². The predicted molar refractivity (Wildman–Crippen MR) is 69.8 cm³/mol. The Kier molecular flexibility index (Phi) is 3.85. The Hall–Kier alpha value is -2.30. The lowest BCUT2D eigenvalue weighted by Crippen LogP contribution is -2.13. The SMILES string of the molecule is CCCCOc1cccc2cc(C(=O)O)c(=O)oc12. The van der Waals surface area contributed by atoms with E-state index in [2.05, 4.69) is 0 Å². The maximum atomic E-state index is 11.6. The molecule has 0 spiro atoms. The number of fused-ring (bicyclic) bond motifs is 1. The maximum Gasteiger partial charge on any atom is 0.351 e. The highest BCUT2D eigenvalue weighted by atomic mass is 16.5. The molecule has 0 saturated carbocycles. The second-order valence-corrected chi connectivity index (χ2v) is 4.13. The van der Waals surface area contributed by atoms with Crippen LogP contribution in [0.4, 0.5) is 0 Å². The smallest absolute Gasteiger partial charge is 0.351 e. The van der Waals surface area contributed by atoms with Gasteiger partial charge in [-0.2, -0.15) is 0 Å². The van der Waals surface area contributed by atoms with E-state index in [0.29, 0.717) is 17.7 Å². The third-order valence-electron chi connectivity index (χ3n) is 2.71. The molecule has 1 N–H and O–H groups in total. The molecular weight excluding hydrogens is 248 g/mol. The van der Waals surface area contributed by atoms with Crippen LogP contribution in [0.5, 0.6) is 5.75 Å². The van der Waals surface area contributed by atoms with Crippen molar-refractivity contribution in [2.75, 3.05) is 6.61 Å². The van der Waals surface area contributed by atoms with Gasteiger partial charge in [0, 0.05) is 5.39 Å². The average molecular weight is 262 g/mol. The molecule has 0 fully saturated rings. The summed E-state index contributed by atoms with van der Waals surface area (Å²) < 4.78 is 10.6. The number of rotatable bonds is 5. The normalized spacial score (nSPS) is 10.6. The number of unbranched alkanes of at least 4 members (excludes halogenated alkanes) is 1. The van der Waals surface area contributed by atoms with Gasteiger partial charge in [-0.25, -0.2) is 9.59 Å². The molecule has 0 atom stereocenters. The lowest BCUT2D eigenvalue weighted by Gasteiger charge is -2.07. The van der Waals surface area contributed by atoms with E-state index < -0.39 is 11.6 Å². The molecule has 2 rings (SSSR count). The van der Waals surface area contributed by atoms with Crippen LogP contribution >= 0.6 is 0 Å². The highest BCUT2D eigenvalue weighted by molar-refractivity contribution is 5.92. The number of carbonyl (C=O) groups is 1. The molecule has 0 aliphatic carbocycles. The quantitative estimate of drug-likeness (QED) is 0.662. The first-order valence-electron chi connectivity index (χ1n) is 6.06. The average Bonchev–Trinajstić information content (AvgIpc) is 2.38. The van der Waals surface area contributed by atoms with E-state index in [-0.39, 0.29) is 11.1 Å². The Labute approximate surface area is 109 Å². The van der Waals surface area contributed by atoms with E-state index in [1.807, 2.05) is 6.92 Å². The van der Waals surface area contributed by atoms with Crippen LogP contribution in [0.25, 0.3) is 11.0 Å². The summed E-state index contributed by atoms with van der Waals surface area (Å²) in [5.74, 6) is -0.840. The van der Waals surface area contributed by atoms with E-state index in [1.54, 1.807) is 18.2 Å². The summed E-state index contributed by atoms with van der Waals surface area (Å²) in [5.41, 5.74) is -0.960. The summed E-state index contributed by atoms with van der Waals surface area (Å²) in [5, 5.41) is 9.41. The van der Waals surface area contributed by atoms with Gasteiger partial charge >= 0.3 is 11.6 Å². The molecule has 100 valence electrons. The molecule has 0 amide bonds. The van der Waals surface area contributed by atoms with Gasteiger partial charge in [-0.1, -0.05) is 25.5 Å². The summed E-state index contributed by atoms with van der Waals surface area (Å²) in [6, 6.07) is 6.41. The Morgan fingerprint density at radius 1 is 1.42 bits per heavy atom. The number of benzene rings is 1. The van der Waals surface area contributed by atoms with Crippen molar-refractivity contribution in [3.05, 3.63) is 40.2 Å². The van der Waals surface area contributed by atoms with Gasteiger partial charge in [-0.15, -0.1) is 0 Å². The first-order valence-corrected chi connectivity index (χ1v) is 6.06. The number of carboxylic acids is 1. The lowest BCUT2D eigenvalue weighted by molar-refractivity contribution is 0.0692. The molecule has 1 aromatic heterocycles. The predicted octanol–water partition coefficient (Wildman–Crippen LogP) is 2.67. The number of aromatic carboxylic acids is 1. The van der Waals surface area contributed by atoms with Crippen molar-refractivity contribution in [1.82, 2.24) is 0 Å². The molecule has 0 bridgehead atoms. The van der Waals surface area contributed by atoms with Gasteiger partial charge in [-0.3, -0.25) is 0 Å². The Balaban J connectivity index is 2.48. The molecule has 1 heterocycles. The van der Waals surface area contributed by atoms with Crippen LogP contribution in [0, 0.1) is 0 Å². The standard InChI is InChI=1S/C14H14O5/c1-2-3-7-18-11-6-4-5-9-8-10(13(15)16)14(17)19-12(9)11/h4-6,8H,2-3,7H2,1H3,(H,15,16). The minimum atomic E-state index is -1.30. The third kappa shape index (κ3) is 2.76. The fourth-order valence-electron chi connectivity index (χ4n) is 1.71. The Morgan fingerprint density at radius 3 is 2.89 bits per heavy atom. The monoisotopic (exact) mass is 262 g/mol. The number of hydrogen-bond donors (Lipinski definition) is 1. The molecule has 0 radical (unpaired) electrons. The number of hydrogen-bond acceptors (Lipinski definition) is 4. The first kappa shape index (κ1) is 13.1. The molecule has 0 unspecified atom stereocenters. The minimum absolute atomic E-state index is 0.286. The molecule has 0 aliphatic heterocycles. The molecule has 19 heavy (non-hydrogen) atoms. The zero-order valence-electron chi connectivity index (χ0n) is 10.5. The summed E-state index contributed by atoms with van der Waals surface area (Å²) in [6.45, 7) is 2.58. The van der Waals surface area contributed by atoms with Gasteiger partial charge in [0.15, 0.2) is 11.3 Å². The van der Waals surface area contributed by atoms with Crippen molar-refractivity contribution in [2.45, 2.75) is 19.8 Å².